The maximum Gasteiger partial charge on any atom is 0.275 e. The molecule has 96 valence electrons. The van der Waals surface area contributed by atoms with Gasteiger partial charge in [0.15, 0.2) is 0 Å². The van der Waals surface area contributed by atoms with E-state index in [0.29, 0.717) is 12.3 Å². The highest BCUT2D eigenvalue weighted by atomic mass is 32.2. The van der Waals surface area contributed by atoms with E-state index in [4.69, 9.17) is 4.42 Å². The van der Waals surface area contributed by atoms with E-state index in [2.05, 4.69) is 5.32 Å². The molecule has 0 bridgehead atoms. The molecule has 1 saturated carbocycles. The molecule has 1 N–H and O–H groups in total. The molecule has 0 amide bonds. The maximum absolute atomic E-state index is 11.7. The van der Waals surface area contributed by atoms with Gasteiger partial charge >= 0.3 is 0 Å². The van der Waals surface area contributed by atoms with Gasteiger partial charge in [0.05, 0.1) is 6.54 Å². The predicted molar refractivity (Wildman–Crippen MR) is 64.0 cm³/mol. The molecule has 1 aromatic heterocycles. The van der Waals surface area contributed by atoms with Gasteiger partial charge in [0.1, 0.15) is 5.76 Å². The van der Waals surface area contributed by atoms with Gasteiger partial charge in [-0.25, -0.2) is 12.7 Å². The molecule has 0 unspecified atom stereocenters. The molecule has 0 atom stereocenters. The van der Waals surface area contributed by atoms with Gasteiger partial charge in [-0.1, -0.05) is 0 Å². The van der Waals surface area contributed by atoms with Gasteiger partial charge in [0, 0.05) is 14.1 Å². The molecule has 0 aliphatic heterocycles. The summed E-state index contributed by atoms with van der Waals surface area (Å²) in [5.74, 6) is 1.46. The smallest absolute Gasteiger partial charge is 0.275 e. The van der Waals surface area contributed by atoms with Crippen molar-refractivity contribution in [2.45, 2.75) is 24.5 Å². The van der Waals surface area contributed by atoms with Gasteiger partial charge in [-0.2, -0.15) is 0 Å². The lowest BCUT2D eigenvalue weighted by Gasteiger charge is -2.07. The lowest BCUT2D eigenvalue weighted by molar-refractivity contribution is 0.388. The molecule has 1 aromatic rings. The van der Waals surface area contributed by atoms with Crippen molar-refractivity contribution in [2.75, 3.05) is 20.6 Å². The van der Waals surface area contributed by atoms with Gasteiger partial charge in [-0.3, -0.25) is 0 Å². The summed E-state index contributed by atoms with van der Waals surface area (Å²) in [6, 6.07) is 3.21. The van der Waals surface area contributed by atoms with Crippen LogP contribution >= 0.6 is 0 Å². The lowest BCUT2D eigenvalue weighted by atomic mass is 10.4. The van der Waals surface area contributed by atoms with Gasteiger partial charge < -0.3 is 9.73 Å². The van der Waals surface area contributed by atoms with Crippen LogP contribution in [0.1, 0.15) is 18.6 Å². The Labute approximate surface area is 102 Å². The second-order valence-corrected chi connectivity index (χ2v) is 6.67. The van der Waals surface area contributed by atoms with E-state index < -0.39 is 10.0 Å². The Hall–Kier alpha value is -0.850. The van der Waals surface area contributed by atoms with Crippen LogP contribution in [0.3, 0.4) is 0 Å². The van der Waals surface area contributed by atoms with Gasteiger partial charge in [0.2, 0.25) is 5.09 Å². The molecule has 0 saturated heterocycles. The van der Waals surface area contributed by atoms with Crippen LogP contribution < -0.4 is 5.32 Å². The molecule has 5 nitrogen and oxygen atoms in total. The Kier molecular flexibility index (Phi) is 3.56. The van der Waals surface area contributed by atoms with E-state index in [0.717, 1.165) is 16.8 Å². The molecule has 1 heterocycles. The third-order valence-electron chi connectivity index (χ3n) is 2.80. The Bertz CT molecular complexity index is 475. The minimum atomic E-state index is -3.45. The molecule has 17 heavy (non-hydrogen) atoms. The fraction of sp³-hybridized carbons (Fsp3) is 0.636. The third-order valence-corrected chi connectivity index (χ3v) is 4.49. The molecular weight excluding hydrogens is 240 g/mol. The number of rotatable bonds is 6. The van der Waals surface area contributed by atoms with Crippen molar-refractivity contribution in [3.63, 3.8) is 0 Å². The number of nitrogens with one attached hydrogen (secondary N) is 1. The van der Waals surface area contributed by atoms with Crippen molar-refractivity contribution >= 4 is 10.0 Å². The molecule has 1 aliphatic rings. The summed E-state index contributed by atoms with van der Waals surface area (Å²) >= 11 is 0. The summed E-state index contributed by atoms with van der Waals surface area (Å²) in [5, 5.41) is 3.26. The molecule has 1 fully saturated rings. The molecular formula is C11H18N2O3S. The van der Waals surface area contributed by atoms with Crippen molar-refractivity contribution in [1.82, 2.24) is 9.62 Å². The van der Waals surface area contributed by atoms with E-state index in [1.807, 2.05) is 0 Å². The number of hydrogen-bond acceptors (Lipinski definition) is 4. The fourth-order valence-corrected chi connectivity index (χ4v) is 2.31. The van der Waals surface area contributed by atoms with Crippen LogP contribution in [0.15, 0.2) is 21.6 Å². The maximum atomic E-state index is 11.7. The van der Waals surface area contributed by atoms with Crippen molar-refractivity contribution < 1.29 is 12.8 Å². The first-order chi connectivity index (χ1) is 8.00. The topological polar surface area (TPSA) is 62.6 Å². The average molecular weight is 258 g/mol. The monoisotopic (exact) mass is 258 g/mol. The highest BCUT2D eigenvalue weighted by Crippen LogP contribution is 2.27. The quantitative estimate of drug-likeness (QED) is 0.828. The van der Waals surface area contributed by atoms with E-state index in [9.17, 15) is 8.42 Å². The Balaban J connectivity index is 1.95. The third kappa shape index (κ3) is 3.08. The van der Waals surface area contributed by atoms with Crippen molar-refractivity contribution in [3.8, 4) is 0 Å². The summed E-state index contributed by atoms with van der Waals surface area (Å²) in [5.41, 5.74) is 0. The van der Waals surface area contributed by atoms with Crippen molar-refractivity contribution in [1.29, 1.82) is 0 Å². The lowest BCUT2D eigenvalue weighted by Crippen LogP contribution is -2.21. The summed E-state index contributed by atoms with van der Waals surface area (Å²) in [6.45, 7) is 1.57. The van der Waals surface area contributed by atoms with Crippen LogP contribution in [0.2, 0.25) is 0 Å². The zero-order chi connectivity index (χ0) is 12.5. The number of furan rings is 1. The zero-order valence-corrected chi connectivity index (χ0v) is 11.0. The van der Waals surface area contributed by atoms with E-state index in [-0.39, 0.29) is 5.09 Å². The van der Waals surface area contributed by atoms with Crippen LogP contribution in [-0.2, 0) is 16.6 Å². The zero-order valence-electron chi connectivity index (χ0n) is 10.1. The van der Waals surface area contributed by atoms with E-state index >= 15 is 0 Å². The number of sulfonamides is 1. The molecule has 0 spiro atoms. The van der Waals surface area contributed by atoms with Crippen LogP contribution in [0.4, 0.5) is 0 Å². The Morgan fingerprint density at radius 2 is 2.12 bits per heavy atom. The highest BCUT2D eigenvalue weighted by molar-refractivity contribution is 7.88. The van der Waals surface area contributed by atoms with Crippen molar-refractivity contribution in [3.05, 3.63) is 17.9 Å². The predicted octanol–water partition coefficient (Wildman–Crippen LogP) is 1.03. The number of hydrogen-bond donors (Lipinski definition) is 1. The van der Waals surface area contributed by atoms with E-state index in [1.165, 1.54) is 33.0 Å². The SMILES string of the molecule is CN(C)S(=O)(=O)c1ccc(CNCC2CC2)o1. The number of nitrogens with zero attached hydrogens (tertiary/aromatic N) is 1. The molecule has 0 aromatic carbocycles. The molecule has 1 aliphatic carbocycles. The standard InChI is InChI=1S/C11H18N2O3S/c1-13(2)17(14,15)11-6-5-10(16-11)8-12-7-9-3-4-9/h5-6,9,12H,3-4,7-8H2,1-2H3. The Morgan fingerprint density at radius 1 is 1.41 bits per heavy atom. The highest BCUT2D eigenvalue weighted by Gasteiger charge is 2.22. The first-order valence-electron chi connectivity index (χ1n) is 5.72. The van der Waals surface area contributed by atoms with Crippen LogP contribution in [0.25, 0.3) is 0 Å². The summed E-state index contributed by atoms with van der Waals surface area (Å²) in [6.07, 6.45) is 2.59. The summed E-state index contributed by atoms with van der Waals surface area (Å²) < 4.78 is 30.0. The first kappa shape index (κ1) is 12.6. The van der Waals surface area contributed by atoms with E-state index in [1.54, 1.807) is 6.07 Å². The van der Waals surface area contributed by atoms with Gasteiger partial charge in [0.25, 0.3) is 10.0 Å². The summed E-state index contributed by atoms with van der Waals surface area (Å²) in [4.78, 5) is 0. The van der Waals surface area contributed by atoms with Crippen LogP contribution in [0, 0.1) is 5.92 Å². The van der Waals surface area contributed by atoms with Crippen LogP contribution in [-0.4, -0.2) is 33.4 Å². The second kappa shape index (κ2) is 4.80. The molecule has 6 heteroatoms. The minimum Gasteiger partial charge on any atom is -0.447 e. The first-order valence-corrected chi connectivity index (χ1v) is 7.16. The van der Waals surface area contributed by atoms with Gasteiger partial charge in [-0.15, -0.1) is 0 Å². The summed E-state index contributed by atoms with van der Waals surface area (Å²) in [7, 11) is -0.468. The fourth-order valence-electron chi connectivity index (χ4n) is 1.49. The Morgan fingerprint density at radius 3 is 2.71 bits per heavy atom. The molecule has 0 radical (unpaired) electrons. The minimum absolute atomic E-state index is 0.00530. The largest absolute Gasteiger partial charge is 0.447 e. The normalized spacial score (nSPS) is 16.6. The second-order valence-electron chi connectivity index (χ2n) is 4.58. The van der Waals surface area contributed by atoms with Gasteiger partial charge in [-0.05, 0) is 37.4 Å². The van der Waals surface area contributed by atoms with Crippen LogP contribution in [0.5, 0.6) is 0 Å². The average Bonchev–Trinajstić information content (AvgIpc) is 2.94. The molecule has 2 rings (SSSR count). The van der Waals surface area contributed by atoms with Crippen molar-refractivity contribution in [2.24, 2.45) is 5.92 Å².